The Hall–Kier alpha value is -2.93. The van der Waals surface area contributed by atoms with Gasteiger partial charge in [0.2, 0.25) is 0 Å². The van der Waals surface area contributed by atoms with Crippen LogP contribution in [0.4, 0.5) is 0 Å². The molecule has 4 aromatic rings. The minimum atomic E-state index is -0.218. The standard InChI is InChI=1S/C26H27ClN4O2/c27-19-9-10-22-21(15-19)24(18-7-3-1-4-8-18)25(26(32)29-22)23-16-20(30-33-23)17-28-11-14-31-12-5-2-6-13-31/h1,3-4,7-10,15-16,28H,2,5-6,11-14,17H2,(H,29,32). The van der Waals surface area contributed by atoms with Crippen molar-refractivity contribution in [1.82, 2.24) is 20.4 Å². The number of aromatic amines is 1. The van der Waals surface area contributed by atoms with E-state index in [0.717, 1.165) is 40.8 Å². The second-order valence-corrected chi connectivity index (χ2v) is 8.96. The summed E-state index contributed by atoms with van der Waals surface area (Å²) in [5, 5.41) is 9.13. The Morgan fingerprint density at radius 1 is 1.03 bits per heavy atom. The van der Waals surface area contributed by atoms with E-state index in [1.54, 1.807) is 6.07 Å². The molecule has 33 heavy (non-hydrogen) atoms. The highest BCUT2D eigenvalue weighted by Crippen LogP contribution is 2.36. The van der Waals surface area contributed by atoms with Crippen LogP contribution < -0.4 is 10.9 Å². The molecule has 2 N–H and O–H groups in total. The van der Waals surface area contributed by atoms with Gasteiger partial charge >= 0.3 is 0 Å². The number of rotatable bonds is 7. The molecule has 0 spiro atoms. The van der Waals surface area contributed by atoms with Crippen molar-refractivity contribution in [2.75, 3.05) is 26.2 Å². The summed E-state index contributed by atoms with van der Waals surface area (Å²) in [4.78, 5) is 18.6. The van der Waals surface area contributed by atoms with Crippen molar-refractivity contribution in [2.24, 2.45) is 0 Å². The van der Waals surface area contributed by atoms with Gasteiger partial charge in [-0.1, -0.05) is 53.5 Å². The van der Waals surface area contributed by atoms with E-state index in [0.29, 0.717) is 22.9 Å². The zero-order chi connectivity index (χ0) is 22.6. The topological polar surface area (TPSA) is 74.2 Å². The molecule has 1 saturated heterocycles. The van der Waals surface area contributed by atoms with Gasteiger partial charge in [0.1, 0.15) is 0 Å². The fourth-order valence-corrected chi connectivity index (χ4v) is 4.73. The summed E-state index contributed by atoms with van der Waals surface area (Å²) in [7, 11) is 0. The second-order valence-electron chi connectivity index (χ2n) is 8.52. The van der Waals surface area contributed by atoms with Crippen molar-refractivity contribution >= 4 is 22.5 Å². The molecule has 1 fully saturated rings. The van der Waals surface area contributed by atoms with Crippen molar-refractivity contribution < 1.29 is 4.52 Å². The number of pyridine rings is 1. The number of benzene rings is 2. The molecule has 0 radical (unpaired) electrons. The Bertz CT molecular complexity index is 1290. The molecule has 2 aromatic heterocycles. The molecule has 0 unspecified atom stereocenters. The smallest absolute Gasteiger partial charge is 0.260 e. The summed E-state index contributed by atoms with van der Waals surface area (Å²) >= 11 is 6.31. The van der Waals surface area contributed by atoms with E-state index in [1.807, 2.05) is 48.5 Å². The Labute approximate surface area is 197 Å². The first kappa shape index (κ1) is 21.9. The minimum absolute atomic E-state index is 0.218. The average molecular weight is 463 g/mol. The maximum Gasteiger partial charge on any atom is 0.260 e. The number of aromatic nitrogens is 2. The lowest BCUT2D eigenvalue weighted by molar-refractivity contribution is 0.228. The van der Waals surface area contributed by atoms with Crippen LogP contribution in [0.25, 0.3) is 33.4 Å². The largest absolute Gasteiger partial charge is 0.356 e. The van der Waals surface area contributed by atoms with E-state index in [4.69, 9.17) is 16.1 Å². The maximum atomic E-state index is 13.2. The number of likely N-dealkylation sites (tertiary alicyclic amines) is 1. The van der Waals surface area contributed by atoms with Crippen molar-refractivity contribution in [3.8, 4) is 22.5 Å². The summed E-state index contributed by atoms with van der Waals surface area (Å²) in [6.07, 6.45) is 3.93. The molecule has 1 aliphatic heterocycles. The van der Waals surface area contributed by atoms with Gasteiger partial charge in [0, 0.05) is 47.2 Å². The molecule has 5 rings (SSSR count). The molecule has 1 aliphatic rings. The summed E-state index contributed by atoms with van der Waals surface area (Å²) in [6, 6.07) is 17.1. The highest BCUT2D eigenvalue weighted by molar-refractivity contribution is 6.31. The first-order valence-electron chi connectivity index (χ1n) is 11.5. The lowest BCUT2D eigenvalue weighted by Crippen LogP contribution is -2.35. The molecule has 0 atom stereocenters. The summed E-state index contributed by atoms with van der Waals surface area (Å²) in [5.41, 5.74) is 3.45. The molecule has 3 heterocycles. The number of nitrogens with zero attached hydrogens (tertiary/aromatic N) is 2. The monoisotopic (exact) mass is 462 g/mol. The number of fused-ring (bicyclic) bond motifs is 1. The van der Waals surface area contributed by atoms with Gasteiger partial charge in [0.25, 0.3) is 5.56 Å². The van der Waals surface area contributed by atoms with Gasteiger partial charge in [0.05, 0.1) is 11.3 Å². The molecule has 0 amide bonds. The fourth-order valence-electron chi connectivity index (χ4n) is 4.55. The average Bonchev–Trinajstić information content (AvgIpc) is 3.31. The van der Waals surface area contributed by atoms with E-state index >= 15 is 0 Å². The highest BCUT2D eigenvalue weighted by atomic mass is 35.5. The number of H-pyrrole nitrogens is 1. The SMILES string of the molecule is O=c1[nH]c2ccc(Cl)cc2c(-c2ccccc2)c1-c1cc(CNCCN2CCCCC2)no1. The maximum absolute atomic E-state index is 13.2. The number of hydrogen-bond acceptors (Lipinski definition) is 5. The third-order valence-electron chi connectivity index (χ3n) is 6.20. The van der Waals surface area contributed by atoms with Crippen LogP contribution in [-0.4, -0.2) is 41.2 Å². The van der Waals surface area contributed by atoms with Crippen molar-refractivity contribution in [3.05, 3.63) is 75.7 Å². The summed E-state index contributed by atoms with van der Waals surface area (Å²) in [6.45, 7) is 4.90. The predicted molar refractivity (Wildman–Crippen MR) is 133 cm³/mol. The van der Waals surface area contributed by atoms with Crippen LogP contribution in [0.1, 0.15) is 25.0 Å². The van der Waals surface area contributed by atoms with Crippen molar-refractivity contribution in [3.63, 3.8) is 0 Å². The Kier molecular flexibility index (Phi) is 6.58. The van der Waals surface area contributed by atoms with Gasteiger partial charge in [-0.2, -0.15) is 0 Å². The lowest BCUT2D eigenvalue weighted by Gasteiger charge is -2.26. The molecule has 170 valence electrons. The number of nitrogens with one attached hydrogen (secondary N) is 2. The van der Waals surface area contributed by atoms with Crippen molar-refractivity contribution in [1.29, 1.82) is 0 Å². The minimum Gasteiger partial charge on any atom is -0.356 e. The first-order valence-corrected chi connectivity index (χ1v) is 11.9. The highest BCUT2D eigenvalue weighted by Gasteiger charge is 2.20. The van der Waals surface area contributed by atoms with Gasteiger partial charge in [0.15, 0.2) is 5.76 Å². The number of hydrogen-bond donors (Lipinski definition) is 2. The number of piperidine rings is 1. The van der Waals surface area contributed by atoms with Gasteiger partial charge in [-0.3, -0.25) is 4.79 Å². The van der Waals surface area contributed by atoms with E-state index in [2.05, 4.69) is 20.4 Å². The molecule has 2 aromatic carbocycles. The third-order valence-corrected chi connectivity index (χ3v) is 6.44. The van der Waals surface area contributed by atoms with Crippen molar-refractivity contribution in [2.45, 2.75) is 25.8 Å². The Morgan fingerprint density at radius 3 is 2.67 bits per heavy atom. The van der Waals surface area contributed by atoms with Gasteiger partial charge in [-0.25, -0.2) is 0 Å². The Morgan fingerprint density at radius 2 is 1.85 bits per heavy atom. The second kappa shape index (κ2) is 9.91. The summed E-state index contributed by atoms with van der Waals surface area (Å²) in [5.74, 6) is 0.449. The fraction of sp³-hybridized carbons (Fsp3) is 0.308. The zero-order valence-corrected chi connectivity index (χ0v) is 19.2. The predicted octanol–water partition coefficient (Wildman–Crippen LogP) is 5.08. The van der Waals surface area contributed by atoms with Gasteiger partial charge in [-0.15, -0.1) is 0 Å². The third kappa shape index (κ3) is 4.88. The Balaban J connectivity index is 1.43. The van der Waals surface area contributed by atoms with Crippen LogP contribution in [0.5, 0.6) is 0 Å². The molecule has 0 bridgehead atoms. The molecule has 0 saturated carbocycles. The molecule has 7 heteroatoms. The molecule has 6 nitrogen and oxygen atoms in total. The van der Waals surface area contributed by atoms with E-state index in [1.165, 1.54) is 32.4 Å². The molecular weight excluding hydrogens is 436 g/mol. The zero-order valence-electron chi connectivity index (χ0n) is 18.4. The molecular formula is C26H27ClN4O2. The van der Waals surface area contributed by atoms with Crippen LogP contribution in [0.2, 0.25) is 5.02 Å². The van der Waals surface area contributed by atoms with E-state index < -0.39 is 0 Å². The quantitative estimate of drug-likeness (QED) is 0.375. The van der Waals surface area contributed by atoms with Crippen LogP contribution in [-0.2, 0) is 6.54 Å². The van der Waals surface area contributed by atoms with Gasteiger partial charge < -0.3 is 19.7 Å². The van der Waals surface area contributed by atoms with E-state index in [-0.39, 0.29) is 5.56 Å². The summed E-state index contributed by atoms with van der Waals surface area (Å²) < 4.78 is 5.67. The van der Waals surface area contributed by atoms with Gasteiger partial charge in [-0.05, 0) is 49.7 Å². The van der Waals surface area contributed by atoms with Crippen LogP contribution >= 0.6 is 11.6 Å². The van der Waals surface area contributed by atoms with E-state index in [9.17, 15) is 4.79 Å². The number of halogens is 1. The first-order chi connectivity index (χ1) is 16.2. The van der Waals surface area contributed by atoms with Crippen LogP contribution in [0.3, 0.4) is 0 Å². The van der Waals surface area contributed by atoms with Crippen LogP contribution in [0.15, 0.2) is 63.9 Å². The molecule has 0 aliphatic carbocycles. The lowest BCUT2D eigenvalue weighted by atomic mass is 9.95. The normalized spacial score (nSPS) is 14.7. The van der Waals surface area contributed by atoms with Crippen LogP contribution in [0, 0.1) is 0 Å².